The fourth-order valence-electron chi connectivity index (χ4n) is 2.51. The second kappa shape index (κ2) is 8.71. The first-order valence-corrected chi connectivity index (χ1v) is 10.2. The SMILES string of the molecule is CCOc1ccc([C@@H](C)NC(=O)CN(c2ccccc2)S(C)(=O)=O)cc1. The minimum atomic E-state index is -3.57. The summed E-state index contributed by atoms with van der Waals surface area (Å²) >= 11 is 0. The van der Waals surface area contributed by atoms with Gasteiger partial charge in [0.25, 0.3) is 0 Å². The monoisotopic (exact) mass is 376 g/mol. The fourth-order valence-corrected chi connectivity index (χ4v) is 3.37. The minimum Gasteiger partial charge on any atom is -0.494 e. The van der Waals surface area contributed by atoms with Crippen LogP contribution < -0.4 is 14.4 Å². The molecule has 0 aliphatic carbocycles. The lowest BCUT2D eigenvalue weighted by molar-refractivity contribution is -0.120. The fraction of sp³-hybridized carbons (Fsp3) is 0.316. The van der Waals surface area contributed by atoms with Gasteiger partial charge in [-0.2, -0.15) is 0 Å². The number of benzene rings is 2. The number of nitrogens with one attached hydrogen (secondary N) is 1. The largest absolute Gasteiger partial charge is 0.494 e. The number of nitrogens with zero attached hydrogens (tertiary/aromatic N) is 1. The highest BCUT2D eigenvalue weighted by molar-refractivity contribution is 7.92. The zero-order valence-electron chi connectivity index (χ0n) is 15.2. The van der Waals surface area contributed by atoms with Crippen LogP contribution >= 0.6 is 0 Å². The Balaban J connectivity index is 2.05. The van der Waals surface area contributed by atoms with E-state index in [9.17, 15) is 13.2 Å². The lowest BCUT2D eigenvalue weighted by Gasteiger charge is -2.23. The van der Waals surface area contributed by atoms with Crippen LogP contribution in [0.5, 0.6) is 5.75 Å². The zero-order valence-corrected chi connectivity index (χ0v) is 16.0. The van der Waals surface area contributed by atoms with Crippen molar-refractivity contribution in [3.63, 3.8) is 0 Å². The zero-order chi connectivity index (χ0) is 19.2. The Hall–Kier alpha value is -2.54. The molecule has 0 heterocycles. The highest BCUT2D eigenvalue weighted by Crippen LogP contribution is 2.19. The molecule has 0 saturated carbocycles. The van der Waals surface area contributed by atoms with Crippen molar-refractivity contribution in [2.75, 3.05) is 23.7 Å². The lowest BCUT2D eigenvalue weighted by Crippen LogP contribution is -2.41. The van der Waals surface area contributed by atoms with Crippen LogP contribution in [0.3, 0.4) is 0 Å². The molecule has 0 aromatic heterocycles. The molecule has 0 aliphatic rings. The van der Waals surface area contributed by atoms with Crippen molar-refractivity contribution < 1.29 is 17.9 Å². The van der Waals surface area contributed by atoms with E-state index in [4.69, 9.17) is 4.74 Å². The van der Waals surface area contributed by atoms with Gasteiger partial charge in [0.05, 0.1) is 24.6 Å². The molecule has 26 heavy (non-hydrogen) atoms. The maximum Gasteiger partial charge on any atom is 0.241 e. The van der Waals surface area contributed by atoms with E-state index < -0.39 is 10.0 Å². The third kappa shape index (κ3) is 5.49. The van der Waals surface area contributed by atoms with Crippen molar-refractivity contribution in [2.24, 2.45) is 0 Å². The van der Waals surface area contributed by atoms with Gasteiger partial charge in [-0.05, 0) is 43.7 Å². The predicted molar refractivity (Wildman–Crippen MR) is 103 cm³/mol. The minimum absolute atomic E-state index is 0.254. The molecule has 1 atom stereocenters. The highest BCUT2D eigenvalue weighted by Gasteiger charge is 2.21. The van der Waals surface area contributed by atoms with Crippen molar-refractivity contribution in [2.45, 2.75) is 19.9 Å². The molecule has 0 bridgehead atoms. The topological polar surface area (TPSA) is 75.7 Å². The number of ether oxygens (including phenoxy) is 1. The maximum atomic E-state index is 12.4. The van der Waals surface area contributed by atoms with Gasteiger partial charge in [0.15, 0.2) is 0 Å². The second-order valence-corrected chi connectivity index (χ2v) is 7.80. The van der Waals surface area contributed by atoms with Crippen LogP contribution in [0.25, 0.3) is 0 Å². The number of amides is 1. The molecule has 140 valence electrons. The number of sulfonamides is 1. The molecule has 6 nitrogen and oxygen atoms in total. The van der Waals surface area contributed by atoms with Gasteiger partial charge in [-0.3, -0.25) is 9.10 Å². The normalized spacial score (nSPS) is 12.3. The van der Waals surface area contributed by atoms with Gasteiger partial charge in [0, 0.05) is 0 Å². The van der Waals surface area contributed by atoms with E-state index >= 15 is 0 Å². The van der Waals surface area contributed by atoms with Gasteiger partial charge in [0.1, 0.15) is 12.3 Å². The van der Waals surface area contributed by atoms with E-state index in [1.54, 1.807) is 30.3 Å². The Morgan fingerprint density at radius 2 is 1.73 bits per heavy atom. The number of carbonyl (C=O) groups is 1. The summed E-state index contributed by atoms with van der Waals surface area (Å²) in [5.74, 6) is 0.391. The highest BCUT2D eigenvalue weighted by atomic mass is 32.2. The number of para-hydroxylation sites is 1. The molecule has 2 aromatic carbocycles. The Morgan fingerprint density at radius 3 is 2.27 bits per heavy atom. The Labute approximate surface area is 154 Å². The van der Waals surface area contributed by atoms with Crippen LogP contribution in [0.4, 0.5) is 5.69 Å². The third-order valence-electron chi connectivity index (χ3n) is 3.80. The molecule has 7 heteroatoms. The summed E-state index contributed by atoms with van der Waals surface area (Å²) in [4.78, 5) is 12.4. The van der Waals surface area contributed by atoms with Crippen LogP contribution in [-0.2, 0) is 14.8 Å². The van der Waals surface area contributed by atoms with Crippen molar-refractivity contribution >= 4 is 21.6 Å². The van der Waals surface area contributed by atoms with Crippen molar-refractivity contribution in [3.05, 3.63) is 60.2 Å². The summed E-state index contributed by atoms with van der Waals surface area (Å²) in [5.41, 5.74) is 1.37. The maximum absolute atomic E-state index is 12.4. The summed E-state index contributed by atoms with van der Waals surface area (Å²) in [6.07, 6.45) is 1.09. The first-order valence-electron chi connectivity index (χ1n) is 8.36. The number of carbonyl (C=O) groups excluding carboxylic acids is 1. The number of hydrogen-bond donors (Lipinski definition) is 1. The van der Waals surface area contributed by atoms with E-state index in [1.807, 2.05) is 38.1 Å². The lowest BCUT2D eigenvalue weighted by atomic mass is 10.1. The Morgan fingerprint density at radius 1 is 1.12 bits per heavy atom. The molecular weight excluding hydrogens is 352 g/mol. The van der Waals surface area contributed by atoms with Crippen LogP contribution in [0.2, 0.25) is 0 Å². The molecule has 2 aromatic rings. The van der Waals surface area contributed by atoms with E-state index in [-0.39, 0.29) is 18.5 Å². The Kier molecular flexibility index (Phi) is 6.63. The molecule has 0 aliphatic heterocycles. The molecule has 1 N–H and O–H groups in total. The second-order valence-electron chi connectivity index (χ2n) is 5.90. The van der Waals surface area contributed by atoms with Crippen LogP contribution in [0, 0.1) is 0 Å². The van der Waals surface area contributed by atoms with Crippen LogP contribution in [0.1, 0.15) is 25.5 Å². The van der Waals surface area contributed by atoms with Crippen LogP contribution in [0.15, 0.2) is 54.6 Å². The summed E-state index contributed by atoms with van der Waals surface area (Å²) in [5, 5.41) is 2.83. The smallest absolute Gasteiger partial charge is 0.241 e. The summed E-state index contributed by atoms with van der Waals surface area (Å²) in [7, 11) is -3.57. The first-order chi connectivity index (χ1) is 12.3. The summed E-state index contributed by atoms with van der Waals surface area (Å²) in [6, 6.07) is 15.7. The van der Waals surface area contributed by atoms with Gasteiger partial charge in [-0.15, -0.1) is 0 Å². The summed E-state index contributed by atoms with van der Waals surface area (Å²) in [6.45, 7) is 4.08. The van der Waals surface area contributed by atoms with Gasteiger partial charge < -0.3 is 10.1 Å². The number of anilines is 1. The van der Waals surface area contributed by atoms with Gasteiger partial charge in [-0.25, -0.2) is 8.42 Å². The molecule has 0 spiro atoms. The van der Waals surface area contributed by atoms with Crippen molar-refractivity contribution in [1.29, 1.82) is 0 Å². The number of rotatable bonds is 8. The predicted octanol–water partition coefficient (Wildman–Crippen LogP) is 2.73. The average Bonchev–Trinajstić information content (AvgIpc) is 2.60. The van der Waals surface area contributed by atoms with Gasteiger partial charge in [0.2, 0.25) is 15.9 Å². The Bertz CT molecular complexity index is 820. The molecule has 0 unspecified atom stereocenters. The average molecular weight is 376 g/mol. The van der Waals surface area contributed by atoms with Crippen molar-refractivity contribution in [1.82, 2.24) is 5.32 Å². The van der Waals surface area contributed by atoms with Gasteiger partial charge >= 0.3 is 0 Å². The molecule has 2 rings (SSSR count). The summed E-state index contributed by atoms with van der Waals surface area (Å²) < 4.78 is 30.6. The number of hydrogen-bond acceptors (Lipinski definition) is 4. The van der Waals surface area contributed by atoms with Gasteiger partial charge in [-0.1, -0.05) is 30.3 Å². The third-order valence-corrected chi connectivity index (χ3v) is 4.94. The molecule has 1 amide bonds. The van der Waals surface area contributed by atoms with E-state index in [1.165, 1.54) is 0 Å². The van der Waals surface area contributed by atoms with E-state index in [2.05, 4.69) is 5.32 Å². The first kappa shape index (κ1) is 19.8. The molecule has 0 saturated heterocycles. The van der Waals surface area contributed by atoms with E-state index in [0.29, 0.717) is 12.3 Å². The molecule has 0 fully saturated rings. The molecule has 0 radical (unpaired) electrons. The van der Waals surface area contributed by atoms with E-state index in [0.717, 1.165) is 21.9 Å². The van der Waals surface area contributed by atoms with Crippen LogP contribution in [-0.4, -0.2) is 33.7 Å². The van der Waals surface area contributed by atoms with Crippen molar-refractivity contribution in [3.8, 4) is 5.75 Å². The molecular formula is C19H24N2O4S. The standard InChI is InChI=1S/C19H24N2O4S/c1-4-25-18-12-10-16(11-13-18)15(2)20-19(22)14-21(26(3,23)24)17-8-6-5-7-9-17/h5-13,15H,4,14H2,1-3H3,(H,20,22)/t15-/m1/s1. The quantitative estimate of drug-likeness (QED) is 0.769.